The molecule has 0 bridgehead atoms. The van der Waals surface area contributed by atoms with Crippen LogP contribution in [0.1, 0.15) is 15.4 Å². The van der Waals surface area contributed by atoms with E-state index in [9.17, 15) is 0 Å². The molecule has 6 aromatic carbocycles. The average Bonchev–Trinajstić information content (AvgIpc) is 3.81. The summed E-state index contributed by atoms with van der Waals surface area (Å²) in [4.78, 5) is 14.3. The number of imidazole rings is 1. The van der Waals surface area contributed by atoms with Crippen LogP contribution in [0.25, 0.3) is 83.3 Å². The molecule has 10 aromatic rings. The Hall–Kier alpha value is -5.98. The van der Waals surface area contributed by atoms with Gasteiger partial charge >= 0.3 is 0 Å². The van der Waals surface area contributed by atoms with Crippen molar-refractivity contribution in [3.63, 3.8) is 0 Å². The van der Waals surface area contributed by atoms with Gasteiger partial charge in [0.1, 0.15) is 0 Å². The van der Waals surface area contributed by atoms with Crippen molar-refractivity contribution >= 4 is 57.1 Å². The van der Waals surface area contributed by atoms with Crippen LogP contribution in [0.4, 0.5) is 0 Å². The summed E-state index contributed by atoms with van der Waals surface area (Å²) in [6, 6.07) is 55.3. The minimum atomic E-state index is -2.08. The molecule has 0 fully saturated rings. The summed E-state index contributed by atoms with van der Waals surface area (Å²) >= 11 is 0. The van der Waals surface area contributed by atoms with Crippen LogP contribution in [0.15, 0.2) is 156 Å². The minimum Gasteiger partial charge on any atom is -0.486 e. The zero-order valence-electron chi connectivity index (χ0n) is 35.0. The Kier molecular flexibility index (Phi) is 9.33. The number of fused-ring (bicyclic) bond motifs is 5. The maximum Gasteiger partial charge on any atom is 0.216 e. The van der Waals surface area contributed by atoms with E-state index in [0.29, 0.717) is 11.3 Å². The summed E-state index contributed by atoms with van der Waals surface area (Å²) in [5, 5.41) is 5.62. The van der Waals surface area contributed by atoms with E-state index in [2.05, 4.69) is 143 Å². The quantitative estimate of drug-likeness (QED) is 0.127. The zero-order valence-corrected chi connectivity index (χ0v) is 35.4. The molecule has 10 rings (SSSR count). The second-order valence-electron chi connectivity index (χ2n) is 15.0. The maximum atomic E-state index is 7.35. The largest absolute Gasteiger partial charge is 0.486 e. The number of hydrogen-bond donors (Lipinski definition) is 0. The average molecular weight is 936 g/mol. The van der Waals surface area contributed by atoms with Gasteiger partial charge in [-0.3, -0.25) is 4.98 Å². The monoisotopic (exact) mass is 936 g/mol. The van der Waals surface area contributed by atoms with Gasteiger partial charge in [-0.1, -0.05) is 128 Å². The van der Waals surface area contributed by atoms with Gasteiger partial charge in [0, 0.05) is 52.4 Å². The number of nitrogens with zero attached hydrogens (tertiary/aromatic N) is 4. The third-order valence-corrected chi connectivity index (χ3v) is 12.2. The van der Waals surface area contributed by atoms with Gasteiger partial charge in [-0.25, -0.2) is 4.98 Å². The molecule has 5 nitrogen and oxygen atoms in total. The van der Waals surface area contributed by atoms with Crippen molar-refractivity contribution in [3.8, 4) is 39.5 Å². The van der Waals surface area contributed by atoms with Crippen LogP contribution < -0.4 is 5.19 Å². The fourth-order valence-corrected chi connectivity index (χ4v) is 8.26. The molecule has 57 heavy (non-hydrogen) atoms. The molecule has 0 saturated heterocycles. The second-order valence-corrected chi connectivity index (χ2v) is 20.1. The maximum absolute atomic E-state index is 7.35. The standard InChI is InChI=1S/C35H22N3O.C15H18NSi.Ir/c1-22-18-20-28-27-14-9-15-29(33(27)39-35(28)36-22)34-37-30-16-7-8-17-31(30)38(34)32-25-13-6-5-12-24(25)19-21-26(32)23-10-3-2-4-11-23;1-12-5-7-13(8-6-12)15-10-9-14(11-16-15)17(2,3)4;/h2-14,16-21H,1H3;5-7,9-11H,1-4H3;/q2*-1;/i;1D3;. The topological polar surface area (TPSA) is 56.7 Å². The van der Waals surface area contributed by atoms with Gasteiger partial charge in [0.05, 0.1) is 36.2 Å². The first-order valence-corrected chi connectivity index (χ1v) is 22.2. The SMILES string of the molecule is Cc1ccc2c(n1)oc1c(-c3nc4ccccc4n3-c3c(-c4ccccc4)ccc4ccccc34)[c-]ccc12.[2H]C([2H])([2H])c1c[c-]c(-c2ccc([Si](C)(C)C)cn2)cc1.[Ir]. The van der Waals surface area contributed by atoms with Crippen molar-refractivity contribution in [2.75, 3.05) is 0 Å². The molecule has 0 atom stereocenters. The molecule has 0 saturated carbocycles. The van der Waals surface area contributed by atoms with E-state index in [1.54, 1.807) is 12.1 Å². The first kappa shape index (κ1) is 34.3. The Balaban J connectivity index is 0.000000202. The molecule has 0 unspecified atom stereocenters. The molecule has 0 aliphatic rings. The first-order valence-electron chi connectivity index (χ1n) is 20.2. The van der Waals surface area contributed by atoms with E-state index >= 15 is 0 Å². The number of aromatic nitrogens is 4. The van der Waals surface area contributed by atoms with Crippen LogP contribution in [0.5, 0.6) is 0 Å². The molecule has 0 amide bonds. The number of pyridine rings is 2. The number of hydrogen-bond acceptors (Lipinski definition) is 4. The van der Waals surface area contributed by atoms with Crippen LogP contribution in [0.3, 0.4) is 0 Å². The number of benzene rings is 6. The van der Waals surface area contributed by atoms with Crippen LogP contribution in [-0.2, 0) is 20.1 Å². The van der Waals surface area contributed by atoms with Crippen molar-refractivity contribution in [1.82, 2.24) is 19.5 Å². The predicted octanol–water partition coefficient (Wildman–Crippen LogP) is 12.3. The van der Waals surface area contributed by atoms with Gasteiger partial charge in [0.25, 0.3) is 0 Å². The molecule has 7 heteroatoms. The molecule has 0 aliphatic carbocycles. The van der Waals surface area contributed by atoms with Crippen LogP contribution in [0.2, 0.25) is 19.6 Å². The number of furan rings is 1. The van der Waals surface area contributed by atoms with E-state index in [1.165, 1.54) is 16.6 Å². The zero-order chi connectivity index (χ0) is 40.9. The summed E-state index contributed by atoms with van der Waals surface area (Å²) in [5.74, 6) is 0.783. The van der Waals surface area contributed by atoms with Crippen molar-refractivity contribution in [2.45, 2.75) is 33.4 Å². The summed E-state index contributed by atoms with van der Waals surface area (Å²) in [6.07, 6.45) is 1.92. The van der Waals surface area contributed by atoms with Crippen molar-refractivity contribution < 1.29 is 28.6 Å². The molecule has 0 aliphatic heterocycles. The van der Waals surface area contributed by atoms with Gasteiger partial charge in [-0.2, -0.15) is 0 Å². The van der Waals surface area contributed by atoms with Gasteiger partial charge in [-0.15, -0.1) is 53.6 Å². The molecule has 4 heterocycles. The van der Waals surface area contributed by atoms with Gasteiger partial charge < -0.3 is 14.0 Å². The molecular formula is C50H40IrN4OSi-2. The number of rotatable bonds is 5. The van der Waals surface area contributed by atoms with Crippen molar-refractivity contribution in [1.29, 1.82) is 0 Å². The van der Waals surface area contributed by atoms with Crippen LogP contribution in [-0.4, -0.2) is 27.6 Å². The molecule has 281 valence electrons. The van der Waals surface area contributed by atoms with Gasteiger partial charge in [0.2, 0.25) is 5.71 Å². The van der Waals surface area contributed by atoms with Crippen molar-refractivity contribution in [3.05, 3.63) is 175 Å². The van der Waals surface area contributed by atoms with E-state index in [-0.39, 0.29) is 20.1 Å². The normalized spacial score (nSPS) is 12.5. The third-order valence-electron chi connectivity index (χ3n) is 10.1. The molecular weight excluding hydrogens is 893 g/mol. The number of aryl methyl sites for hydroxylation is 2. The second kappa shape index (κ2) is 15.5. The van der Waals surface area contributed by atoms with Crippen LogP contribution >= 0.6 is 0 Å². The van der Waals surface area contributed by atoms with E-state index in [1.807, 2.05) is 43.5 Å². The Labute approximate surface area is 351 Å². The van der Waals surface area contributed by atoms with E-state index < -0.39 is 14.9 Å². The summed E-state index contributed by atoms with van der Waals surface area (Å²) in [5.41, 5.74) is 10.3. The molecule has 4 aromatic heterocycles. The summed E-state index contributed by atoms with van der Waals surface area (Å²) in [6.45, 7) is 6.73. The third kappa shape index (κ3) is 7.26. The number of para-hydroxylation sites is 2. The Bertz CT molecular complexity index is 3080. The smallest absolute Gasteiger partial charge is 0.216 e. The molecule has 0 N–H and O–H groups in total. The van der Waals surface area contributed by atoms with Gasteiger partial charge in [-0.05, 0) is 53.0 Å². The van der Waals surface area contributed by atoms with Crippen molar-refractivity contribution in [2.24, 2.45) is 0 Å². The summed E-state index contributed by atoms with van der Waals surface area (Å²) < 4.78 is 30.7. The van der Waals surface area contributed by atoms with E-state index in [0.717, 1.165) is 77.9 Å². The van der Waals surface area contributed by atoms with Gasteiger partial charge in [0.15, 0.2) is 0 Å². The molecule has 0 spiro atoms. The Morgan fingerprint density at radius 3 is 2.30 bits per heavy atom. The van der Waals surface area contributed by atoms with Crippen LogP contribution in [0, 0.1) is 25.9 Å². The fourth-order valence-electron chi connectivity index (χ4n) is 7.23. The predicted molar refractivity (Wildman–Crippen MR) is 234 cm³/mol. The fraction of sp³-hybridized carbons (Fsp3) is 0.100. The Morgan fingerprint density at radius 1 is 0.719 bits per heavy atom. The molecule has 1 radical (unpaired) electrons. The Morgan fingerprint density at radius 2 is 1.53 bits per heavy atom. The summed E-state index contributed by atoms with van der Waals surface area (Å²) in [7, 11) is -1.34. The first-order chi connectivity index (χ1) is 28.4. The van der Waals surface area contributed by atoms with E-state index in [4.69, 9.17) is 13.5 Å². The minimum absolute atomic E-state index is 0.